The highest BCUT2D eigenvalue weighted by molar-refractivity contribution is 4.66. The molecule has 0 spiro atoms. The van der Waals surface area contributed by atoms with Crippen molar-refractivity contribution < 1.29 is 19.2 Å². The zero-order valence-corrected chi connectivity index (χ0v) is 23.1. The molecule has 2 unspecified atom stereocenters. The van der Waals surface area contributed by atoms with E-state index < -0.39 is 12.2 Å². The second-order valence-electron chi connectivity index (χ2n) is 11.8. The molecular formula is C28H62N2O2+2. The molecule has 0 aliphatic heterocycles. The molecule has 0 saturated heterocycles. The summed E-state index contributed by atoms with van der Waals surface area (Å²) in [5, 5.41) is 21.4. The number of quaternary nitrogens is 2. The highest BCUT2D eigenvalue weighted by Crippen LogP contribution is 2.14. The van der Waals surface area contributed by atoms with Gasteiger partial charge in [-0.05, 0) is 25.7 Å². The van der Waals surface area contributed by atoms with Gasteiger partial charge in [-0.25, -0.2) is 0 Å². The van der Waals surface area contributed by atoms with Gasteiger partial charge in [0.1, 0.15) is 25.3 Å². The Morgan fingerprint density at radius 2 is 0.688 bits per heavy atom. The Hall–Kier alpha value is -0.160. The summed E-state index contributed by atoms with van der Waals surface area (Å²) in [4.78, 5) is 0. The molecule has 4 heteroatoms. The molecule has 0 aromatic carbocycles. The van der Waals surface area contributed by atoms with Crippen LogP contribution in [-0.2, 0) is 0 Å². The zero-order valence-electron chi connectivity index (χ0n) is 23.1. The van der Waals surface area contributed by atoms with Gasteiger partial charge in [0, 0.05) is 0 Å². The maximum Gasteiger partial charge on any atom is 0.134 e. The third kappa shape index (κ3) is 19.3. The van der Waals surface area contributed by atoms with Crippen LogP contribution in [0.4, 0.5) is 0 Å². The van der Waals surface area contributed by atoms with Crippen molar-refractivity contribution in [1.82, 2.24) is 0 Å². The number of unbranched alkanes of at least 4 members (excludes halogenated alkanes) is 14. The quantitative estimate of drug-likeness (QED) is 0.143. The molecule has 0 aliphatic rings. The Morgan fingerprint density at radius 3 is 0.969 bits per heavy atom. The number of hydrogen-bond acceptors (Lipinski definition) is 2. The molecule has 2 N–H and O–H groups in total. The average molecular weight is 459 g/mol. The van der Waals surface area contributed by atoms with Crippen LogP contribution in [-0.4, -0.2) is 85.8 Å². The van der Waals surface area contributed by atoms with Crippen LogP contribution >= 0.6 is 0 Å². The van der Waals surface area contributed by atoms with E-state index in [2.05, 4.69) is 42.0 Å². The largest absolute Gasteiger partial charge is 0.384 e. The Bertz CT molecular complexity index is 374. The predicted octanol–water partition coefficient (Wildman–Crippen LogP) is 6.14. The third-order valence-electron chi connectivity index (χ3n) is 7.04. The molecule has 0 fully saturated rings. The minimum Gasteiger partial charge on any atom is -0.384 e. The fourth-order valence-electron chi connectivity index (χ4n) is 4.79. The van der Waals surface area contributed by atoms with Crippen LogP contribution < -0.4 is 0 Å². The van der Waals surface area contributed by atoms with Gasteiger partial charge >= 0.3 is 0 Å². The van der Waals surface area contributed by atoms with E-state index in [9.17, 15) is 10.2 Å². The summed E-state index contributed by atoms with van der Waals surface area (Å²) in [6.45, 7) is 7.96. The lowest BCUT2D eigenvalue weighted by Crippen LogP contribution is -2.54. The molecular weight excluding hydrogens is 396 g/mol. The van der Waals surface area contributed by atoms with Gasteiger partial charge in [0.15, 0.2) is 0 Å². The van der Waals surface area contributed by atoms with Crippen LogP contribution in [0.5, 0.6) is 0 Å². The van der Waals surface area contributed by atoms with Gasteiger partial charge in [0.2, 0.25) is 0 Å². The standard InChI is InChI=1S/C28H62N2O2/c1-7-9-11-13-15-17-19-21-23-29(3,4)25-27(31)28(32)26-30(5,6)24-22-20-18-16-14-12-10-8-2/h27-28,31-32H,7-26H2,1-6H3/q+2. The van der Waals surface area contributed by atoms with Crippen LogP contribution in [0.25, 0.3) is 0 Å². The van der Waals surface area contributed by atoms with E-state index in [1.165, 1.54) is 103 Å². The highest BCUT2D eigenvalue weighted by Gasteiger charge is 2.30. The maximum absolute atomic E-state index is 10.7. The van der Waals surface area contributed by atoms with Gasteiger partial charge in [-0.15, -0.1) is 0 Å². The number of aliphatic hydroxyl groups is 2. The normalized spacial score (nSPS) is 14.6. The minimum absolute atomic E-state index is 0.634. The number of aliphatic hydroxyl groups excluding tert-OH is 2. The first-order valence-electron chi connectivity index (χ1n) is 14.1. The Morgan fingerprint density at radius 1 is 0.438 bits per heavy atom. The van der Waals surface area contributed by atoms with Crippen LogP contribution in [0.2, 0.25) is 0 Å². The van der Waals surface area contributed by atoms with Gasteiger partial charge in [-0.2, -0.15) is 0 Å². The lowest BCUT2D eigenvalue weighted by atomic mass is 10.1. The van der Waals surface area contributed by atoms with Crippen molar-refractivity contribution in [2.75, 3.05) is 54.4 Å². The smallest absolute Gasteiger partial charge is 0.134 e. The van der Waals surface area contributed by atoms with Crippen molar-refractivity contribution in [3.8, 4) is 0 Å². The molecule has 194 valence electrons. The molecule has 0 rings (SSSR count). The Labute approximate surface area is 202 Å². The zero-order chi connectivity index (χ0) is 24.3. The van der Waals surface area contributed by atoms with E-state index in [1.54, 1.807) is 0 Å². The van der Waals surface area contributed by atoms with E-state index in [-0.39, 0.29) is 0 Å². The summed E-state index contributed by atoms with van der Waals surface area (Å²) in [5.74, 6) is 0. The van der Waals surface area contributed by atoms with Gasteiger partial charge < -0.3 is 19.2 Å². The summed E-state index contributed by atoms with van der Waals surface area (Å²) in [6, 6.07) is 0. The fourth-order valence-corrected chi connectivity index (χ4v) is 4.79. The second-order valence-corrected chi connectivity index (χ2v) is 11.8. The summed E-state index contributed by atoms with van der Waals surface area (Å²) < 4.78 is 1.58. The van der Waals surface area contributed by atoms with Crippen molar-refractivity contribution >= 4 is 0 Å². The van der Waals surface area contributed by atoms with Crippen molar-refractivity contribution in [3.63, 3.8) is 0 Å². The SMILES string of the molecule is CCCCCCCCCC[N+](C)(C)CC(O)C(O)C[N+](C)(C)CCCCCCCCCC. The van der Waals surface area contributed by atoms with Crippen molar-refractivity contribution in [2.24, 2.45) is 0 Å². The van der Waals surface area contributed by atoms with Gasteiger partial charge in [-0.3, -0.25) is 0 Å². The van der Waals surface area contributed by atoms with Gasteiger partial charge in [0.05, 0.1) is 41.3 Å². The number of hydrogen-bond donors (Lipinski definition) is 2. The number of nitrogens with zero attached hydrogens (tertiary/aromatic N) is 2. The first kappa shape index (κ1) is 31.8. The average Bonchev–Trinajstić information content (AvgIpc) is 2.71. The van der Waals surface area contributed by atoms with E-state index in [0.717, 1.165) is 22.1 Å². The van der Waals surface area contributed by atoms with Crippen LogP contribution in [0.15, 0.2) is 0 Å². The molecule has 4 nitrogen and oxygen atoms in total. The summed E-state index contributed by atoms with van der Waals surface area (Å²) in [7, 11) is 8.77. The first-order chi connectivity index (χ1) is 15.1. The Kier molecular flexibility index (Phi) is 19.1. The highest BCUT2D eigenvalue weighted by atomic mass is 16.3. The van der Waals surface area contributed by atoms with Crippen LogP contribution in [0.3, 0.4) is 0 Å². The van der Waals surface area contributed by atoms with E-state index in [4.69, 9.17) is 0 Å². The molecule has 2 atom stereocenters. The maximum atomic E-state index is 10.7. The number of likely N-dealkylation sites (N-methyl/N-ethyl adjacent to an activating group) is 2. The summed E-state index contributed by atoms with van der Waals surface area (Å²) >= 11 is 0. The monoisotopic (exact) mass is 458 g/mol. The van der Waals surface area contributed by atoms with E-state index >= 15 is 0 Å². The molecule has 0 bridgehead atoms. The Balaban J connectivity index is 4.00. The van der Waals surface area contributed by atoms with Gasteiger partial charge in [0.25, 0.3) is 0 Å². The van der Waals surface area contributed by atoms with Crippen molar-refractivity contribution in [3.05, 3.63) is 0 Å². The van der Waals surface area contributed by atoms with E-state index in [0.29, 0.717) is 13.1 Å². The van der Waals surface area contributed by atoms with Crippen molar-refractivity contribution in [2.45, 2.75) is 129 Å². The molecule has 0 amide bonds. The van der Waals surface area contributed by atoms with Crippen molar-refractivity contribution in [1.29, 1.82) is 0 Å². The van der Waals surface area contributed by atoms with E-state index in [1.807, 2.05) is 0 Å². The number of rotatable bonds is 23. The predicted molar refractivity (Wildman–Crippen MR) is 141 cm³/mol. The van der Waals surface area contributed by atoms with Gasteiger partial charge in [-0.1, -0.05) is 90.9 Å². The molecule has 0 radical (unpaired) electrons. The minimum atomic E-state index is -0.644. The molecule has 32 heavy (non-hydrogen) atoms. The molecule has 0 aromatic heterocycles. The summed E-state index contributed by atoms with van der Waals surface area (Å²) in [6.07, 6.45) is 20.0. The second kappa shape index (κ2) is 19.2. The molecule has 0 heterocycles. The van der Waals surface area contributed by atoms with Crippen LogP contribution in [0.1, 0.15) is 117 Å². The van der Waals surface area contributed by atoms with Crippen LogP contribution in [0, 0.1) is 0 Å². The summed E-state index contributed by atoms with van der Waals surface area (Å²) in [5.41, 5.74) is 0. The fraction of sp³-hybridized carbons (Fsp3) is 1.00. The topological polar surface area (TPSA) is 40.5 Å². The molecule has 0 aromatic rings. The first-order valence-corrected chi connectivity index (χ1v) is 14.1. The lowest BCUT2D eigenvalue weighted by Gasteiger charge is -2.36. The molecule has 0 saturated carbocycles. The molecule has 0 aliphatic carbocycles. The lowest BCUT2D eigenvalue weighted by molar-refractivity contribution is -0.902. The third-order valence-corrected chi connectivity index (χ3v) is 7.04.